The SMILES string of the molecule is Nc1ccccc1.O=S(=O)(O)c1ccccc1S. The Balaban J connectivity index is 0.000000199. The molecule has 0 amide bonds. The molecule has 0 saturated heterocycles. The van der Waals surface area contributed by atoms with Crippen LogP contribution in [0.25, 0.3) is 0 Å². The minimum Gasteiger partial charge on any atom is -0.399 e. The Morgan fingerprint density at radius 2 is 1.44 bits per heavy atom. The zero-order valence-electron chi connectivity index (χ0n) is 9.39. The Bertz CT molecular complexity index is 598. The molecule has 2 rings (SSSR count). The van der Waals surface area contributed by atoms with Crippen LogP contribution in [0, 0.1) is 0 Å². The van der Waals surface area contributed by atoms with Gasteiger partial charge in [-0.15, -0.1) is 12.6 Å². The fourth-order valence-corrected chi connectivity index (χ4v) is 2.22. The number of para-hydroxylation sites is 1. The minimum atomic E-state index is -4.11. The van der Waals surface area contributed by atoms with Gasteiger partial charge in [-0.3, -0.25) is 4.55 Å². The molecule has 0 heterocycles. The second kappa shape index (κ2) is 6.44. The highest BCUT2D eigenvalue weighted by molar-refractivity contribution is 7.87. The largest absolute Gasteiger partial charge is 0.399 e. The van der Waals surface area contributed by atoms with E-state index in [1.807, 2.05) is 30.3 Å². The summed E-state index contributed by atoms with van der Waals surface area (Å²) < 4.78 is 29.7. The summed E-state index contributed by atoms with van der Waals surface area (Å²) in [4.78, 5) is 0.0818. The van der Waals surface area contributed by atoms with E-state index in [0.717, 1.165) is 5.69 Å². The third-order valence-corrected chi connectivity index (χ3v) is 3.40. The summed E-state index contributed by atoms with van der Waals surface area (Å²) in [6.07, 6.45) is 0. The second-order valence-corrected chi connectivity index (χ2v) is 5.23. The number of thiol groups is 1. The molecule has 0 fully saturated rings. The van der Waals surface area contributed by atoms with Crippen molar-refractivity contribution in [3.63, 3.8) is 0 Å². The molecule has 4 nitrogen and oxygen atoms in total. The number of hydrogen-bond acceptors (Lipinski definition) is 4. The number of rotatable bonds is 1. The van der Waals surface area contributed by atoms with Crippen LogP contribution < -0.4 is 5.73 Å². The molecule has 96 valence electrons. The van der Waals surface area contributed by atoms with Gasteiger partial charge in [0.1, 0.15) is 4.90 Å². The van der Waals surface area contributed by atoms with Crippen LogP contribution >= 0.6 is 12.6 Å². The highest BCUT2D eigenvalue weighted by Crippen LogP contribution is 2.17. The van der Waals surface area contributed by atoms with E-state index >= 15 is 0 Å². The van der Waals surface area contributed by atoms with Crippen molar-refractivity contribution in [3.8, 4) is 0 Å². The van der Waals surface area contributed by atoms with Crippen molar-refractivity contribution < 1.29 is 13.0 Å². The number of benzene rings is 2. The quantitative estimate of drug-likeness (QED) is 0.427. The number of nitrogens with two attached hydrogens (primary N) is 1. The minimum absolute atomic E-state index is 0.164. The molecule has 2 aromatic rings. The zero-order chi connectivity index (χ0) is 13.6. The molecule has 0 bridgehead atoms. The van der Waals surface area contributed by atoms with E-state index in [9.17, 15) is 8.42 Å². The number of hydrogen-bond donors (Lipinski definition) is 3. The van der Waals surface area contributed by atoms with E-state index in [-0.39, 0.29) is 9.79 Å². The van der Waals surface area contributed by atoms with Crippen molar-refractivity contribution >= 4 is 28.4 Å². The maximum atomic E-state index is 10.6. The fourth-order valence-electron chi connectivity index (χ4n) is 1.13. The molecule has 0 radical (unpaired) electrons. The third-order valence-electron chi connectivity index (χ3n) is 1.94. The van der Waals surface area contributed by atoms with E-state index in [1.165, 1.54) is 18.2 Å². The molecule has 0 aliphatic rings. The topological polar surface area (TPSA) is 80.4 Å². The van der Waals surface area contributed by atoms with Crippen LogP contribution in [0.15, 0.2) is 64.4 Å². The molecule has 3 N–H and O–H groups in total. The monoisotopic (exact) mass is 283 g/mol. The molecular formula is C12H13NO3S2. The molecule has 6 heteroatoms. The zero-order valence-corrected chi connectivity index (χ0v) is 11.1. The summed E-state index contributed by atoms with van der Waals surface area (Å²) in [6, 6.07) is 15.4. The lowest BCUT2D eigenvalue weighted by Gasteiger charge is -1.98. The first-order valence-corrected chi connectivity index (χ1v) is 6.86. The van der Waals surface area contributed by atoms with E-state index in [2.05, 4.69) is 12.6 Å². The maximum absolute atomic E-state index is 10.6. The van der Waals surface area contributed by atoms with Crippen LogP contribution in [-0.4, -0.2) is 13.0 Å². The Hall–Kier alpha value is -1.50. The predicted molar refractivity (Wildman–Crippen MR) is 74.4 cm³/mol. The van der Waals surface area contributed by atoms with Crippen molar-refractivity contribution in [3.05, 3.63) is 54.6 Å². The van der Waals surface area contributed by atoms with E-state index in [4.69, 9.17) is 10.3 Å². The molecule has 0 aromatic heterocycles. The van der Waals surface area contributed by atoms with Gasteiger partial charge in [0, 0.05) is 10.6 Å². The highest BCUT2D eigenvalue weighted by atomic mass is 32.2. The molecular weight excluding hydrogens is 270 g/mol. The first-order valence-electron chi connectivity index (χ1n) is 4.97. The molecule has 0 unspecified atom stereocenters. The van der Waals surface area contributed by atoms with Crippen molar-refractivity contribution in [2.24, 2.45) is 0 Å². The fraction of sp³-hybridized carbons (Fsp3) is 0. The maximum Gasteiger partial charge on any atom is 0.295 e. The summed E-state index contributed by atoms with van der Waals surface area (Å²) in [5.41, 5.74) is 6.18. The third kappa shape index (κ3) is 4.79. The molecule has 0 aliphatic carbocycles. The van der Waals surface area contributed by atoms with E-state index in [0.29, 0.717) is 0 Å². The number of anilines is 1. The Morgan fingerprint density at radius 3 is 1.78 bits per heavy atom. The first-order chi connectivity index (χ1) is 8.41. The van der Waals surface area contributed by atoms with Crippen molar-refractivity contribution in [1.82, 2.24) is 0 Å². The van der Waals surface area contributed by atoms with Crippen molar-refractivity contribution in [2.45, 2.75) is 9.79 Å². The standard InChI is InChI=1S/C6H7N.C6H6O3S2/c7-6-4-2-1-3-5-6;7-11(8,9)6-4-2-1-3-5(6)10/h1-5H,7H2;1-4,10H,(H,7,8,9). The smallest absolute Gasteiger partial charge is 0.295 e. The lowest BCUT2D eigenvalue weighted by Crippen LogP contribution is -1.98. The predicted octanol–water partition coefficient (Wildman–Crippen LogP) is 2.49. The van der Waals surface area contributed by atoms with Crippen LogP contribution in [0.4, 0.5) is 5.69 Å². The van der Waals surface area contributed by atoms with E-state index in [1.54, 1.807) is 6.07 Å². The Kier molecular flexibility index (Phi) is 5.21. The van der Waals surface area contributed by atoms with Crippen LogP contribution in [0.3, 0.4) is 0 Å². The lowest BCUT2D eigenvalue weighted by atomic mass is 10.3. The van der Waals surface area contributed by atoms with E-state index < -0.39 is 10.1 Å². The average molecular weight is 283 g/mol. The van der Waals surface area contributed by atoms with Crippen LogP contribution in [0.1, 0.15) is 0 Å². The molecule has 0 atom stereocenters. The van der Waals surface area contributed by atoms with Gasteiger partial charge in [-0.25, -0.2) is 0 Å². The first kappa shape index (κ1) is 14.6. The summed E-state index contributed by atoms with van der Waals surface area (Å²) in [7, 11) is -4.11. The Morgan fingerprint density at radius 1 is 0.944 bits per heavy atom. The van der Waals surface area contributed by atoms with Gasteiger partial charge in [0.2, 0.25) is 0 Å². The molecule has 2 aromatic carbocycles. The lowest BCUT2D eigenvalue weighted by molar-refractivity contribution is 0.481. The molecule has 0 saturated carbocycles. The second-order valence-electron chi connectivity index (χ2n) is 3.35. The van der Waals surface area contributed by atoms with Crippen LogP contribution in [0.5, 0.6) is 0 Å². The van der Waals surface area contributed by atoms with Gasteiger partial charge in [-0.05, 0) is 24.3 Å². The van der Waals surface area contributed by atoms with Gasteiger partial charge >= 0.3 is 0 Å². The van der Waals surface area contributed by atoms with Gasteiger partial charge in [-0.1, -0.05) is 30.3 Å². The molecule has 0 aliphatic heterocycles. The van der Waals surface area contributed by atoms with Crippen LogP contribution in [0.2, 0.25) is 0 Å². The highest BCUT2D eigenvalue weighted by Gasteiger charge is 2.11. The van der Waals surface area contributed by atoms with Gasteiger partial charge in [0.25, 0.3) is 10.1 Å². The van der Waals surface area contributed by atoms with Gasteiger partial charge in [0.05, 0.1) is 0 Å². The normalized spacial score (nSPS) is 10.3. The van der Waals surface area contributed by atoms with Gasteiger partial charge in [0.15, 0.2) is 0 Å². The summed E-state index contributed by atoms with van der Waals surface area (Å²) in [6.45, 7) is 0. The Labute approximate surface area is 112 Å². The van der Waals surface area contributed by atoms with Crippen LogP contribution in [-0.2, 0) is 10.1 Å². The number of nitrogen functional groups attached to an aromatic ring is 1. The van der Waals surface area contributed by atoms with Crippen molar-refractivity contribution in [2.75, 3.05) is 5.73 Å². The van der Waals surface area contributed by atoms with Gasteiger partial charge in [-0.2, -0.15) is 8.42 Å². The van der Waals surface area contributed by atoms with Crippen molar-refractivity contribution in [1.29, 1.82) is 0 Å². The summed E-state index contributed by atoms with van der Waals surface area (Å²) >= 11 is 3.85. The average Bonchev–Trinajstić information content (AvgIpc) is 2.30. The molecule has 18 heavy (non-hydrogen) atoms. The molecule has 0 spiro atoms. The summed E-state index contributed by atoms with van der Waals surface area (Å²) in [5, 5.41) is 0. The summed E-state index contributed by atoms with van der Waals surface area (Å²) in [5.74, 6) is 0. The van der Waals surface area contributed by atoms with Gasteiger partial charge < -0.3 is 5.73 Å².